The number of guanidine groups is 1. The molecule has 2 heterocycles. The second-order valence-corrected chi connectivity index (χ2v) is 6.94. The summed E-state index contributed by atoms with van der Waals surface area (Å²) in [5, 5.41) is 7.23. The van der Waals surface area contributed by atoms with E-state index in [0.29, 0.717) is 43.9 Å². The topological polar surface area (TPSA) is 85.0 Å². The first-order valence-corrected chi connectivity index (χ1v) is 9.80. The molecule has 0 aliphatic carbocycles. The highest BCUT2D eigenvalue weighted by Crippen LogP contribution is 2.25. The summed E-state index contributed by atoms with van der Waals surface area (Å²) in [4.78, 5) is 10.9. The molecule has 0 saturated carbocycles. The summed E-state index contributed by atoms with van der Waals surface area (Å²) in [6.45, 7) is 8.04. The lowest BCUT2D eigenvalue weighted by molar-refractivity contribution is -0.0605. The van der Waals surface area contributed by atoms with Crippen molar-refractivity contribution < 1.29 is 18.4 Å². The molecule has 1 fully saturated rings. The minimum Gasteiger partial charge on any atom is -0.371 e. The summed E-state index contributed by atoms with van der Waals surface area (Å²) in [6, 6.07) is 6.41. The third-order valence-corrected chi connectivity index (χ3v) is 4.68. The summed E-state index contributed by atoms with van der Waals surface area (Å²) in [6.07, 6.45) is -0.382. The fourth-order valence-corrected chi connectivity index (χ4v) is 3.30. The van der Waals surface area contributed by atoms with Crippen molar-refractivity contribution in [2.45, 2.75) is 45.6 Å². The van der Waals surface area contributed by atoms with Gasteiger partial charge >= 0.3 is 0 Å². The molecule has 1 aromatic heterocycles. The highest BCUT2D eigenvalue weighted by atomic mass is 19.1. The molecule has 158 valence electrons. The molecule has 0 spiro atoms. The van der Waals surface area contributed by atoms with Gasteiger partial charge < -0.3 is 24.2 Å². The number of hydrogen-bond acceptors (Lipinski definition) is 6. The van der Waals surface area contributed by atoms with Crippen molar-refractivity contribution in [3.63, 3.8) is 0 Å². The van der Waals surface area contributed by atoms with Gasteiger partial charge in [0.15, 0.2) is 11.8 Å². The molecular weight excluding hydrogens is 377 g/mol. The van der Waals surface area contributed by atoms with E-state index in [1.54, 1.807) is 19.2 Å². The van der Waals surface area contributed by atoms with Crippen molar-refractivity contribution in [3.8, 4) is 0 Å². The van der Waals surface area contributed by atoms with Crippen molar-refractivity contribution in [1.29, 1.82) is 0 Å². The van der Waals surface area contributed by atoms with Crippen LogP contribution in [0.4, 0.5) is 4.39 Å². The number of rotatable bonds is 6. The fraction of sp³-hybridized carbons (Fsp3) is 0.550. The van der Waals surface area contributed by atoms with Gasteiger partial charge in [-0.1, -0.05) is 17.3 Å². The number of aromatic nitrogens is 2. The van der Waals surface area contributed by atoms with Crippen LogP contribution in [0.1, 0.15) is 50.3 Å². The van der Waals surface area contributed by atoms with Crippen LogP contribution in [0.3, 0.4) is 0 Å². The number of ether oxygens (including phenoxy) is 2. The monoisotopic (exact) mass is 405 g/mol. The van der Waals surface area contributed by atoms with E-state index in [1.165, 1.54) is 12.1 Å². The van der Waals surface area contributed by atoms with E-state index in [-0.39, 0.29) is 24.1 Å². The van der Waals surface area contributed by atoms with E-state index in [9.17, 15) is 4.39 Å². The Morgan fingerprint density at radius 2 is 2.14 bits per heavy atom. The first-order chi connectivity index (χ1) is 14.0. The third kappa shape index (κ3) is 5.51. The summed E-state index contributed by atoms with van der Waals surface area (Å²) in [7, 11) is 1.73. The number of nitrogens with one attached hydrogen (secondary N) is 1. The van der Waals surface area contributed by atoms with Gasteiger partial charge in [0.05, 0.1) is 19.2 Å². The van der Waals surface area contributed by atoms with E-state index < -0.39 is 0 Å². The van der Waals surface area contributed by atoms with Gasteiger partial charge in [-0.05, 0) is 38.5 Å². The quantitative estimate of drug-likeness (QED) is 0.584. The molecule has 0 bridgehead atoms. The number of hydrogen-bond donors (Lipinski definition) is 1. The Kier molecular flexibility index (Phi) is 7.16. The lowest BCUT2D eigenvalue weighted by atomic mass is 10.1. The molecule has 3 rings (SSSR count). The standard InChI is InChI=1S/C20H28FN5O3/c1-5-27-14(3)19-24-18(29-25-19)10-23-20(22-4)26-11-13(2)28-17(12-26)15-6-8-16(21)9-7-15/h6-9,13-14,17H,5,10-12H2,1-4H3,(H,22,23). The van der Waals surface area contributed by atoms with Crippen LogP contribution in [-0.2, 0) is 16.0 Å². The summed E-state index contributed by atoms with van der Waals surface area (Å²) in [5.41, 5.74) is 0.935. The molecule has 1 aliphatic rings. The van der Waals surface area contributed by atoms with Gasteiger partial charge in [0.2, 0.25) is 5.89 Å². The Balaban J connectivity index is 1.62. The van der Waals surface area contributed by atoms with Gasteiger partial charge in [-0.3, -0.25) is 4.99 Å². The first kappa shape index (κ1) is 21.2. The molecule has 9 heteroatoms. The van der Waals surface area contributed by atoms with Crippen LogP contribution >= 0.6 is 0 Å². The number of benzene rings is 1. The number of aliphatic imine (C=N–C) groups is 1. The van der Waals surface area contributed by atoms with E-state index >= 15 is 0 Å². The second kappa shape index (κ2) is 9.80. The molecule has 1 aliphatic heterocycles. The van der Waals surface area contributed by atoms with Crippen LogP contribution in [0.5, 0.6) is 0 Å². The molecule has 1 aromatic carbocycles. The van der Waals surface area contributed by atoms with E-state index in [2.05, 4.69) is 25.3 Å². The van der Waals surface area contributed by atoms with Crippen LogP contribution in [0, 0.1) is 5.82 Å². The van der Waals surface area contributed by atoms with Gasteiger partial charge in [-0.15, -0.1) is 0 Å². The largest absolute Gasteiger partial charge is 0.371 e. The van der Waals surface area contributed by atoms with Crippen LogP contribution < -0.4 is 5.32 Å². The molecule has 3 unspecified atom stereocenters. The number of morpholine rings is 1. The van der Waals surface area contributed by atoms with Crippen LogP contribution in [0.25, 0.3) is 0 Å². The minimum absolute atomic E-state index is 0.000553. The highest BCUT2D eigenvalue weighted by Gasteiger charge is 2.28. The van der Waals surface area contributed by atoms with Crippen molar-refractivity contribution in [1.82, 2.24) is 20.4 Å². The number of nitrogens with zero attached hydrogens (tertiary/aromatic N) is 4. The van der Waals surface area contributed by atoms with Crippen molar-refractivity contribution in [2.75, 3.05) is 26.7 Å². The summed E-state index contributed by atoms with van der Waals surface area (Å²) in [5.74, 6) is 1.44. The lowest BCUT2D eigenvalue weighted by Crippen LogP contribution is -2.50. The highest BCUT2D eigenvalue weighted by molar-refractivity contribution is 5.80. The molecule has 1 N–H and O–H groups in total. The van der Waals surface area contributed by atoms with E-state index in [4.69, 9.17) is 14.0 Å². The van der Waals surface area contributed by atoms with Crippen molar-refractivity contribution >= 4 is 5.96 Å². The minimum atomic E-state index is -0.260. The van der Waals surface area contributed by atoms with E-state index in [0.717, 1.165) is 5.56 Å². The molecule has 8 nitrogen and oxygen atoms in total. The molecule has 3 atom stereocenters. The molecule has 1 saturated heterocycles. The zero-order chi connectivity index (χ0) is 20.8. The molecule has 2 aromatic rings. The zero-order valence-corrected chi connectivity index (χ0v) is 17.3. The molecule has 0 radical (unpaired) electrons. The van der Waals surface area contributed by atoms with Crippen LogP contribution in [-0.4, -0.2) is 53.8 Å². The number of halogens is 1. The Morgan fingerprint density at radius 3 is 2.83 bits per heavy atom. The van der Waals surface area contributed by atoms with Gasteiger partial charge in [0, 0.05) is 20.2 Å². The van der Waals surface area contributed by atoms with Gasteiger partial charge in [-0.2, -0.15) is 4.98 Å². The SMILES string of the molecule is CCOC(C)c1noc(CNC(=NC)N2CC(C)OC(c3ccc(F)cc3)C2)n1. The zero-order valence-electron chi connectivity index (χ0n) is 17.3. The smallest absolute Gasteiger partial charge is 0.246 e. The fourth-order valence-electron chi connectivity index (χ4n) is 3.30. The Labute approximate surface area is 170 Å². The van der Waals surface area contributed by atoms with Crippen molar-refractivity contribution in [3.05, 3.63) is 47.4 Å². The maximum Gasteiger partial charge on any atom is 0.246 e. The van der Waals surface area contributed by atoms with Gasteiger partial charge in [-0.25, -0.2) is 4.39 Å². The summed E-state index contributed by atoms with van der Waals surface area (Å²) < 4.78 is 30.1. The summed E-state index contributed by atoms with van der Waals surface area (Å²) >= 11 is 0. The normalized spacial score (nSPS) is 21.3. The average molecular weight is 405 g/mol. The Hall–Kier alpha value is -2.52. The van der Waals surface area contributed by atoms with E-state index in [1.807, 2.05) is 20.8 Å². The third-order valence-electron chi connectivity index (χ3n) is 4.68. The predicted octanol–water partition coefficient (Wildman–Crippen LogP) is 2.84. The van der Waals surface area contributed by atoms with Gasteiger partial charge in [0.25, 0.3) is 0 Å². The first-order valence-electron chi connectivity index (χ1n) is 9.80. The van der Waals surface area contributed by atoms with Crippen molar-refractivity contribution in [2.24, 2.45) is 4.99 Å². The van der Waals surface area contributed by atoms with Crippen LogP contribution in [0.15, 0.2) is 33.8 Å². The van der Waals surface area contributed by atoms with Crippen LogP contribution in [0.2, 0.25) is 0 Å². The Morgan fingerprint density at radius 1 is 1.38 bits per heavy atom. The molecule has 0 amide bonds. The average Bonchev–Trinajstić information content (AvgIpc) is 3.18. The second-order valence-electron chi connectivity index (χ2n) is 6.94. The Bertz CT molecular complexity index is 811. The van der Waals surface area contributed by atoms with Gasteiger partial charge in [0.1, 0.15) is 18.0 Å². The predicted molar refractivity (Wildman–Crippen MR) is 106 cm³/mol. The maximum atomic E-state index is 13.2. The lowest BCUT2D eigenvalue weighted by Gasteiger charge is -2.38. The molecular formula is C20H28FN5O3. The maximum absolute atomic E-state index is 13.2. The molecule has 29 heavy (non-hydrogen) atoms.